The van der Waals surface area contributed by atoms with Gasteiger partial charge in [-0.3, -0.25) is 0 Å². The Labute approximate surface area is 235 Å². The van der Waals surface area contributed by atoms with Crippen molar-refractivity contribution in [3.8, 4) is 0 Å². The van der Waals surface area contributed by atoms with Gasteiger partial charge >= 0.3 is 0 Å². The third-order valence-electron chi connectivity index (χ3n) is 8.16. The van der Waals surface area contributed by atoms with Gasteiger partial charge in [-0.2, -0.15) is 0 Å². The van der Waals surface area contributed by atoms with Crippen LogP contribution >= 0.6 is 0 Å². The Morgan fingerprint density at radius 1 is 0.378 bits per heavy atom. The van der Waals surface area contributed by atoms with Crippen LogP contribution in [0.3, 0.4) is 0 Å². The maximum Gasteiger partial charge on any atom is 0.154 e. The number of unbranched alkanes of at least 4 members (excludes halogenated alkanes) is 26. The molecule has 0 aromatic heterocycles. The van der Waals surface area contributed by atoms with Crippen LogP contribution in [0, 0.1) is 0 Å². The Balaban J connectivity index is 3.26. The van der Waals surface area contributed by atoms with Gasteiger partial charge in [-0.25, -0.2) is 0 Å². The van der Waals surface area contributed by atoms with Crippen LogP contribution in [0.5, 0.6) is 0 Å². The van der Waals surface area contributed by atoms with Gasteiger partial charge in [-0.15, -0.1) is 0 Å². The molecule has 0 rings (SSSR count). The van der Waals surface area contributed by atoms with Gasteiger partial charge in [0, 0.05) is 0 Å². The molecule has 224 valence electrons. The summed E-state index contributed by atoms with van der Waals surface area (Å²) in [6.07, 6.45) is 40.4. The van der Waals surface area contributed by atoms with Crippen molar-refractivity contribution >= 4 is 0 Å². The zero-order valence-electron chi connectivity index (χ0n) is 26.2. The molecule has 2 heteroatoms. The van der Waals surface area contributed by atoms with Crippen LogP contribution in [0.2, 0.25) is 0 Å². The van der Waals surface area contributed by atoms with Gasteiger partial charge < -0.3 is 9.84 Å². The van der Waals surface area contributed by atoms with Crippen LogP contribution in [0.15, 0.2) is 0 Å². The van der Waals surface area contributed by atoms with Crippen molar-refractivity contribution in [2.45, 2.75) is 226 Å². The lowest BCUT2D eigenvalue weighted by Gasteiger charge is -2.18. The minimum absolute atomic E-state index is 0.193. The first-order valence-corrected chi connectivity index (χ1v) is 17.5. The van der Waals surface area contributed by atoms with Gasteiger partial charge in [-0.1, -0.05) is 187 Å². The van der Waals surface area contributed by atoms with E-state index in [2.05, 4.69) is 20.8 Å². The first kappa shape index (κ1) is 36.9. The van der Waals surface area contributed by atoms with Crippen LogP contribution in [0.25, 0.3) is 0 Å². The Hall–Kier alpha value is -0.0800. The molecule has 2 nitrogen and oxygen atoms in total. The first-order chi connectivity index (χ1) is 18.2. The number of aliphatic hydroxyl groups excluding tert-OH is 1. The summed E-state index contributed by atoms with van der Waals surface area (Å²) in [5, 5.41) is 10.2. The highest BCUT2D eigenvalue weighted by molar-refractivity contribution is 4.56. The number of hydrogen-bond acceptors (Lipinski definition) is 2. The lowest BCUT2D eigenvalue weighted by Crippen LogP contribution is -2.19. The summed E-state index contributed by atoms with van der Waals surface area (Å²) in [5.41, 5.74) is 0. The van der Waals surface area contributed by atoms with Crippen LogP contribution in [0.1, 0.15) is 213 Å². The van der Waals surface area contributed by atoms with Crippen molar-refractivity contribution < 1.29 is 9.84 Å². The number of hydrogen-bond donors (Lipinski definition) is 1. The third kappa shape index (κ3) is 32.0. The lowest BCUT2D eigenvalue weighted by atomic mass is 10.0. The molecule has 0 radical (unpaired) electrons. The van der Waals surface area contributed by atoms with Crippen LogP contribution < -0.4 is 0 Å². The Morgan fingerprint density at radius 2 is 0.622 bits per heavy atom. The summed E-state index contributed by atoms with van der Waals surface area (Å²) in [5.74, 6) is 0. The molecule has 0 fully saturated rings. The zero-order valence-corrected chi connectivity index (χ0v) is 26.2. The fourth-order valence-electron chi connectivity index (χ4n) is 5.54. The molecule has 0 aliphatic rings. The summed E-state index contributed by atoms with van der Waals surface area (Å²) in [6, 6.07) is 0. The van der Waals surface area contributed by atoms with E-state index < -0.39 is 6.29 Å². The van der Waals surface area contributed by atoms with E-state index in [9.17, 15) is 5.11 Å². The molecule has 0 saturated carbocycles. The summed E-state index contributed by atoms with van der Waals surface area (Å²) in [7, 11) is 0. The molecule has 37 heavy (non-hydrogen) atoms. The van der Waals surface area contributed by atoms with E-state index in [0.29, 0.717) is 0 Å². The predicted molar refractivity (Wildman–Crippen MR) is 166 cm³/mol. The minimum Gasteiger partial charge on any atom is -0.368 e. The van der Waals surface area contributed by atoms with Gasteiger partial charge in [-0.05, 0) is 26.2 Å². The van der Waals surface area contributed by atoms with E-state index >= 15 is 0 Å². The molecule has 0 bridgehead atoms. The maximum absolute atomic E-state index is 10.2. The molecular formula is C35H72O2. The van der Waals surface area contributed by atoms with Gasteiger partial charge in [0.2, 0.25) is 0 Å². The fourth-order valence-corrected chi connectivity index (χ4v) is 5.54. The Morgan fingerprint density at radius 3 is 0.919 bits per heavy atom. The molecule has 1 N–H and O–H groups in total. The Kier molecular flexibility index (Phi) is 32.1. The van der Waals surface area contributed by atoms with E-state index in [1.807, 2.05) is 0 Å². The highest BCUT2D eigenvalue weighted by atomic mass is 16.6. The molecular weight excluding hydrogens is 452 g/mol. The Bertz CT molecular complexity index is 397. The van der Waals surface area contributed by atoms with Crippen LogP contribution in [-0.4, -0.2) is 17.5 Å². The van der Waals surface area contributed by atoms with Gasteiger partial charge in [0.25, 0.3) is 0 Å². The summed E-state index contributed by atoms with van der Waals surface area (Å²) in [4.78, 5) is 0. The highest BCUT2D eigenvalue weighted by Gasteiger charge is 2.09. The minimum atomic E-state index is -0.556. The third-order valence-corrected chi connectivity index (χ3v) is 8.16. The number of ether oxygens (including phenoxy) is 1. The molecule has 0 spiro atoms. The van der Waals surface area contributed by atoms with E-state index in [1.54, 1.807) is 0 Å². The monoisotopic (exact) mass is 525 g/mol. The van der Waals surface area contributed by atoms with Crippen LogP contribution in [0.4, 0.5) is 0 Å². The fraction of sp³-hybridized carbons (Fsp3) is 1.00. The van der Waals surface area contributed by atoms with Gasteiger partial charge in [0.15, 0.2) is 6.29 Å². The average molecular weight is 525 g/mol. The average Bonchev–Trinajstić information content (AvgIpc) is 2.89. The molecule has 0 aromatic carbocycles. The van der Waals surface area contributed by atoms with Crippen molar-refractivity contribution in [3.63, 3.8) is 0 Å². The quantitative estimate of drug-likeness (QED) is 0.0700. The van der Waals surface area contributed by atoms with Crippen molar-refractivity contribution in [2.75, 3.05) is 0 Å². The van der Waals surface area contributed by atoms with E-state index in [0.717, 1.165) is 19.3 Å². The van der Waals surface area contributed by atoms with Crippen LogP contribution in [-0.2, 0) is 4.74 Å². The van der Waals surface area contributed by atoms with E-state index in [-0.39, 0.29) is 6.10 Å². The van der Waals surface area contributed by atoms with Gasteiger partial charge in [0.1, 0.15) is 0 Å². The first-order valence-electron chi connectivity index (χ1n) is 17.5. The lowest BCUT2D eigenvalue weighted by molar-refractivity contribution is -0.136. The van der Waals surface area contributed by atoms with E-state index in [4.69, 9.17) is 4.74 Å². The second-order valence-electron chi connectivity index (χ2n) is 12.2. The highest BCUT2D eigenvalue weighted by Crippen LogP contribution is 2.17. The number of rotatable bonds is 32. The largest absolute Gasteiger partial charge is 0.368 e. The second kappa shape index (κ2) is 32.1. The molecule has 0 aliphatic carbocycles. The van der Waals surface area contributed by atoms with Gasteiger partial charge in [0.05, 0.1) is 6.10 Å². The maximum atomic E-state index is 10.2. The smallest absolute Gasteiger partial charge is 0.154 e. The number of aliphatic hydroxyl groups is 1. The van der Waals surface area contributed by atoms with Crippen molar-refractivity contribution in [3.05, 3.63) is 0 Å². The molecule has 2 atom stereocenters. The molecule has 0 amide bonds. The molecule has 0 aliphatic heterocycles. The molecule has 0 heterocycles. The normalized spacial score (nSPS) is 13.3. The second-order valence-corrected chi connectivity index (χ2v) is 12.2. The molecule has 0 saturated heterocycles. The molecule has 0 aromatic rings. The zero-order chi connectivity index (χ0) is 27.1. The summed E-state index contributed by atoms with van der Waals surface area (Å²) < 4.78 is 5.83. The summed E-state index contributed by atoms with van der Waals surface area (Å²) >= 11 is 0. The molecule has 2 unspecified atom stereocenters. The van der Waals surface area contributed by atoms with Crippen molar-refractivity contribution in [1.82, 2.24) is 0 Å². The SMILES string of the molecule is CCCCCCCCCCCCCCCCCC(C)OC(O)CCCCCCCCCCCCCCC. The predicted octanol–water partition coefficient (Wildman–Crippen LogP) is 12.5. The topological polar surface area (TPSA) is 29.5 Å². The summed E-state index contributed by atoms with van der Waals surface area (Å²) in [6.45, 7) is 6.72. The standard InChI is InChI=1S/C35H72O2/c1-4-6-8-10-12-14-16-18-19-21-22-24-26-28-30-32-34(3)37-35(36)33-31-29-27-25-23-20-17-15-13-11-9-7-5-2/h34-36H,4-33H2,1-3H3. The van der Waals surface area contributed by atoms with E-state index in [1.165, 1.54) is 173 Å². The van der Waals surface area contributed by atoms with Crippen molar-refractivity contribution in [1.29, 1.82) is 0 Å². The van der Waals surface area contributed by atoms with Crippen molar-refractivity contribution in [2.24, 2.45) is 0 Å².